The molecule has 1 heterocycles. The van der Waals surface area contributed by atoms with Crippen LogP contribution in [0.25, 0.3) is 22.5 Å². The van der Waals surface area contributed by atoms with Crippen LogP contribution < -0.4 is 5.73 Å². The fraction of sp³-hybridized carbons (Fsp3) is 0.118. The third-order valence-corrected chi connectivity index (χ3v) is 3.44. The number of aryl methyl sites for hydroxylation is 1. The van der Waals surface area contributed by atoms with E-state index < -0.39 is 0 Å². The predicted molar refractivity (Wildman–Crippen MR) is 80.0 cm³/mol. The molecule has 0 aliphatic carbocycles. The lowest BCUT2D eigenvalue weighted by atomic mass is 10.0. The molecule has 0 saturated carbocycles. The zero-order chi connectivity index (χ0) is 13.9. The van der Waals surface area contributed by atoms with Crippen LogP contribution >= 0.6 is 0 Å². The lowest BCUT2D eigenvalue weighted by Gasteiger charge is -2.03. The molecule has 1 aromatic heterocycles. The fourth-order valence-corrected chi connectivity index (χ4v) is 2.30. The summed E-state index contributed by atoms with van der Waals surface area (Å²) in [5, 5.41) is 3.99. The normalized spacial score (nSPS) is 10.7. The first-order chi connectivity index (χ1) is 9.79. The summed E-state index contributed by atoms with van der Waals surface area (Å²) in [7, 11) is 0. The Morgan fingerprint density at radius 2 is 1.50 bits per heavy atom. The van der Waals surface area contributed by atoms with Gasteiger partial charge in [0, 0.05) is 17.7 Å². The van der Waals surface area contributed by atoms with Gasteiger partial charge in [-0.25, -0.2) is 0 Å². The highest BCUT2D eigenvalue weighted by atomic mass is 16.5. The molecular weight excluding hydrogens is 248 g/mol. The summed E-state index contributed by atoms with van der Waals surface area (Å²) in [6.45, 7) is 2.35. The van der Waals surface area contributed by atoms with E-state index in [1.54, 1.807) is 0 Å². The Balaban J connectivity index is 1.97. The maximum Gasteiger partial charge on any atom is 0.171 e. The summed E-state index contributed by atoms with van der Waals surface area (Å²) in [5.74, 6) is 0.768. The van der Waals surface area contributed by atoms with Crippen molar-refractivity contribution in [2.75, 3.05) is 0 Å². The first kappa shape index (κ1) is 12.6. The molecule has 0 unspecified atom stereocenters. The van der Waals surface area contributed by atoms with E-state index in [9.17, 15) is 0 Å². The molecule has 2 N–H and O–H groups in total. The Morgan fingerprint density at radius 3 is 2.15 bits per heavy atom. The molecule has 0 amide bonds. The van der Waals surface area contributed by atoms with E-state index in [4.69, 9.17) is 10.3 Å². The van der Waals surface area contributed by atoms with Gasteiger partial charge < -0.3 is 10.3 Å². The molecule has 3 heteroatoms. The molecule has 0 aliphatic rings. The second kappa shape index (κ2) is 5.31. The summed E-state index contributed by atoms with van der Waals surface area (Å²) in [6.07, 6.45) is 0. The second-order valence-electron chi connectivity index (χ2n) is 4.72. The van der Waals surface area contributed by atoms with E-state index in [0.29, 0.717) is 6.54 Å². The summed E-state index contributed by atoms with van der Waals surface area (Å²) >= 11 is 0. The van der Waals surface area contributed by atoms with Crippen LogP contribution in [-0.4, -0.2) is 5.16 Å². The Bertz CT molecular complexity index is 700. The van der Waals surface area contributed by atoms with Crippen LogP contribution in [0.3, 0.4) is 0 Å². The minimum absolute atomic E-state index is 0.436. The number of aromatic nitrogens is 1. The summed E-state index contributed by atoms with van der Waals surface area (Å²) < 4.78 is 5.39. The van der Waals surface area contributed by atoms with Crippen molar-refractivity contribution in [2.24, 2.45) is 5.73 Å². The molecule has 20 heavy (non-hydrogen) atoms. The lowest BCUT2D eigenvalue weighted by molar-refractivity contribution is 0.426. The van der Waals surface area contributed by atoms with Gasteiger partial charge in [0.15, 0.2) is 5.76 Å². The maximum atomic E-state index is 5.75. The Hall–Kier alpha value is -2.39. The van der Waals surface area contributed by atoms with Crippen molar-refractivity contribution < 1.29 is 4.52 Å². The van der Waals surface area contributed by atoms with Gasteiger partial charge in [-0.3, -0.25) is 0 Å². The van der Waals surface area contributed by atoms with E-state index in [2.05, 4.69) is 29.4 Å². The Morgan fingerprint density at radius 1 is 0.900 bits per heavy atom. The number of rotatable bonds is 3. The Kier molecular flexibility index (Phi) is 3.35. The van der Waals surface area contributed by atoms with Crippen LogP contribution in [0.4, 0.5) is 0 Å². The van der Waals surface area contributed by atoms with Crippen LogP contribution in [-0.2, 0) is 6.54 Å². The molecular formula is C17H16N2O. The second-order valence-corrected chi connectivity index (χ2v) is 4.72. The first-order valence-corrected chi connectivity index (χ1v) is 6.60. The zero-order valence-electron chi connectivity index (χ0n) is 11.3. The largest absolute Gasteiger partial charge is 0.356 e. The number of hydrogen-bond acceptors (Lipinski definition) is 3. The average molecular weight is 264 g/mol. The van der Waals surface area contributed by atoms with E-state index in [-0.39, 0.29) is 0 Å². The highest BCUT2D eigenvalue weighted by Gasteiger charge is 2.13. The average Bonchev–Trinajstić information content (AvgIpc) is 2.89. The van der Waals surface area contributed by atoms with E-state index in [0.717, 1.165) is 22.6 Å². The van der Waals surface area contributed by atoms with Crippen molar-refractivity contribution in [3.8, 4) is 22.5 Å². The van der Waals surface area contributed by atoms with Crippen molar-refractivity contribution in [1.82, 2.24) is 5.16 Å². The van der Waals surface area contributed by atoms with Crippen LogP contribution in [0, 0.1) is 6.92 Å². The van der Waals surface area contributed by atoms with Crippen molar-refractivity contribution in [3.05, 3.63) is 65.9 Å². The van der Waals surface area contributed by atoms with Crippen molar-refractivity contribution >= 4 is 0 Å². The zero-order valence-corrected chi connectivity index (χ0v) is 11.3. The monoisotopic (exact) mass is 264 g/mol. The standard InChI is InChI=1S/C17H16N2O/c1-12-16(11-18)17(20-19-12)15-9-7-14(8-10-15)13-5-3-2-4-6-13/h2-10H,11,18H2,1H3. The van der Waals surface area contributed by atoms with Crippen LogP contribution in [0.2, 0.25) is 0 Å². The van der Waals surface area contributed by atoms with Crippen LogP contribution in [0.15, 0.2) is 59.1 Å². The predicted octanol–water partition coefficient (Wildman–Crippen LogP) is 3.78. The quantitative estimate of drug-likeness (QED) is 0.783. The molecule has 3 nitrogen and oxygen atoms in total. The minimum Gasteiger partial charge on any atom is -0.356 e. The van der Waals surface area contributed by atoms with Crippen molar-refractivity contribution in [2.45, 2.75) is 13.5 Å². The molecule has 0 saturated heterocycles. The fourth-order valence-electron chi connectivity index (χ4n) is 2.30. The number of nitrogens with two attached hydrogens (primary N) is 1. The summed E-state index contributed by atoms with van der Waals surface area (Å²) in [4.78, 5) is 0. The third kappa shape index (κ3) is 2.24. The highest BCUT2D eigenvalue weighted by Crippen LogP contribution is 2.28. The van der Waals surface area contributed by atoms with Gasteiger partial charge in [0.1, 0.15) is 0 Å². The van der Waals surface area contributed by atoms with E-state index in [1.807, 2.05) is 37.3 Å². The molecule has 0 fully saturated rings. The van der Waals surface area contributed by atoms with E-state index in [1.165, 1.54) is 11.1 Å². The third-order valence-electron chi connectivity index (χ3n) is 3.44. The Labute approximate surface area is 118 Å². The first-order valence-electron chi connectivity index (χ1n) is 6.60. The maximum absolute atomic E-state index is 5.75. The van der Waals surface area contributed by atoms with Crippen molar-refractivity contribution in [3.63, 3.8) is 0 Å². The van der Waals surface area contributed by atoms with Gasteiger partial charge in [-0.15, -0.1) is 0 Å². The van der Waals surface area contributed by atoms with Gasteiger partial charge in [-0.1, -0.05) is 59.8 Å². The van der Waals surface area contributed by atoms with Crippen LogP contribution in [0.5, 0.6) is 0 Å². The molecule has 0 atom stereocenters. The van der Waals surface area contributed by atoms with Gasteiger partial charge in [0.25, 0.3) is 0 Å². The molecule has 3 rings (SSSR count). The number of benzene rings is 2. The lowest BCUT2D eigenvalue weighted by Crippen LogP contribution is -1.98. The molecule has 3 aromatic rings. The summed E-state index contributed by atoms with van der Waals surface area (Å²) in [5.41, 5.74) is 11.0. The van der Waals surface area contributed by atoms with Gasteiger partial charge in [0.2, 0.25) is 0 Å². The molecule has 100 valence electrons. The van der Waals surface area contributed by atoms with Gasteiger partial charge in [0.05, 0.1) is 5.69 Å². The molecule has 0 aliphatic heterocycles. The number of nitrogens with zero attached hydrogens (tertiary/aromatic N) is 1. The molecule has 0 bridgehead atoms. The highest BCUT2D eigenvalue weighted by molar-refractivity contribution is 5.69. The molecule has 0 radical (unpaired) electrons. The van der Waals surface area contributed by atoms with Gasteiger partial charge in [-0.2, -0.15) is 0 Å². The van der Waals surface area contributed by atoms with Gasteiger partial charge in [-0.05, 0) is 18.1 Å². The van der Waals surface area contributed by atoms with E-state index >= 15 is 0 Å². The number of hydrogen-bond donors (Lipinski definition) is 1. The topological polar surface area (TPSA) is 52.0 Å². The smallest absolute Gasteiger partial charge is 0.171 e. The van der Waals surface area contributed by atoms with Crippen molar-refractivity contribution in [1.29, 1.82) is 0 Å². The molecule has 2 aromatic carbocycles. The van der Waals surface area contributed by atoms with Gasteiger partial charge >= 0.3 is 0 Å². The molecule has 0 spiro atoms. The minimum atomic E-state index is 0.436. The summed E-state index contributed by atoms with van der Waals surface area (Å²) in [6, 6.07) is 18.5. The van der Waals surface area contributed by atoms with Crippen LogP contribution in [0.1, 0.15) is 11.3 Å². The SMILES string of the molecule is Cc1noc(-c2ccc(-c3ccccc3)cc2)c1CN.